The average molecular weight is 377 g/mol. The number of carbonyl (C=O) groups excluding carboxylic acids is 1. The fourth-order valence-electron chi connectivity index (χ4n) is 2.71. The van der Waals surface area contributed by atoms with Gasteiger partial charge in [-0.15, -0.1) is 0 Å². The summed E-state index contributed by atoms with van der Waals surface area (Å²) >= 11 is 3.40. The molecule has 0 N–H and O–H groups in total. The molecule has 3 aromatic rings. The van der Waals surface area contributed by atoms with Crippen LogP contribution in [-0.2, 0) is 16.1 Å². The highest BCUT2D eigenvalue weighted by Gasteiger charge is 2.23. The van der Waals surface area contributed by atoms with Gasteiger partial charge in [-0.2, -0.15) is 0 Å². The van der Waals surface area contributed by atoms with Gasteiger partial charge < -0.3 is 4.74 Å². The van der Waals surface area contributed by atoms with E-state index in [4.69, 9.17) is 4.74 Å². The summed E-state index contributed by atoms with van der Waals surface area (Å²) in [5.41, 5.74) is 2.19. The maximum atomic E-state index is 12.5. The number of esters is 1. The van der Waals surface area contributed by atoms with E-state index in [1.807, 2.05) is 54.6 Å². The lowest BCUT2D eigenvalue weighted by atomic mass is 10.1. The Morgan fingerprint density at radius 3 is 2.23 bits per heavy atom. The molecule has 128 valence electrons. The minimum absolute atomic E-state index is 0.248. The van der Waals surface area contributed by atoms with Gasteiger partial charge in [0, 0.05) is 25.1 Å². The SMILES string of the molecule is C=C(C(=O)OCc1ccccc1)c1cccc2c1Sc1ccccc1S2. The molecule has 0 aromatic heterocycles. The van der Waals surface area contributed by atoms with Crippen LogP contribution in [0.1, 0.15) is 11.1 Å². The van der Waals surface area contributed by atoms with Crippen LogP contribution in [0.5, 0.6) is 0 Å². The minimum Gasteiger partial charge on any atom is -0.457 e. The van der Waals surface area contributed by atoms with E-state index in [0.717, 1.165) is 20.9 Å². The summed E-state index contributed by atoms with van der Waals surface area (Å²) in [6.07, 6.45) is 0. The van der Waals surface area contributed by atoms with E-state index >= 15 is 0 Å². The molecule has 0 radical (unpaired) electrons. The first-order chi connectivity index (χ1) is 12.7. The first-order valence-corrected chi connectivity index (χ1v) is 9.84. The summed E-state index contributed by atoms with van der Waals surface area (Å²) in [5.74, 6) is -0.383. The molecule has 1 aliphatic rings. The van der Waals surface area contributed by atoms with Crippen molar-refractivity contribution in [2.24, 2.45) is 0 Å². The predicted octanol–water partition coefficient (Wildman–Crippen LogP) is 6.06. The molecule has 4 heteroatoms. The van der Waals surface area contributed by atoms with Gasteiger partial charge in [-0.25, -0.2) is 4.79 Å². The molecule has 1 aliphatic heterocycles. The van der Waals surface area contributed by atoms with Crippen molar-refractivity contribution in [3.8, 4) is 0 Å². The summed E-state index contributed by atoms with van der Waals surface area (Å²) in [5, 5.41) is 0. The summed E-state index contributed by atoms with van der Waals surface area (Å²) in [7, 11) is 0. The normalized spacial score (nSPS) is 12.0. The van der Waals surface area contributed by atoms with E-state index < -0.39 is 0 Å². The van der Waals surface area contributed by atoms with Crippen LogP contribution in [0.15, 0.2) is 99.0 Å². The van der Waals surface area contributed by atoms with E-state index in [1.165, 1.54) is 9.79 Å². The van der Waals surface area contributed by atoms with E-state index in [2.05, 4.69) is 24.8 Å². The van der Waals surface area contributed by atoms with Crippen molar-refractivity contribution in [1.82, 2.24) is 0 Å². The fourth-order valence-corrected chi connectivity index (χ4v) is 5.11. The molecule has 0 fully saturated rings. The zero-order chi connectivity index (χ0) is 17.9. The molecule has 2 nitrogen and oxygen atoms in total. The Morgan fingerprint density at radius 2 is 1.46 bits per heavy atom. The molecule has 26 heavy (non-hydrogen) atoms. The Bertz CT molecular complexity index is 980. The Morgan fingerprint density at radius 1 is 0.808 bits per heavy atom. The van der Waals surface area contributed by atoms with Crippen molar-refractivity contribution in [3.63, 3.8) is 0 Å². The van der Waals surface area contributed by atoms with Gasteiger partial charge in [0.25, 0.3) is 0 Å². The summed E-state index contributed by atoms with van der Waals surface area (Å²) in [4.78, 5) is 17.2. The van der Waals surface area contributed by atoms with Gasteiger partial charge in [0.2, 0.25) is 0 Å². The quantitative estimate of drug-likeness (QED) is 0.319. The third-order valence-corrected chi connectivity index (χ3v) is 6.66. The summed E-state index contributed by atoms with van der Waals surface area (Å²) in [6, 6.07) is 23.9. The standard InChI is InChI=1S/C22H16O2S2/c1-15(22(23)24-14-16-8-3-2-4-9-16)17-10-7-13-20-21(17)26-19-12-6-5-11-18(19)25-20/h2-13H,1,14H2. The first kappa shape index (κ1) is 17.0. The van der Waals surface area contributed by atoms with Crippen molar-refractivity contribution < 1.29 is 9.53 Å². The molecular weight excluding hydrogens is 360 g/mol. The second kappa shape index (κ2) is 7.44. The third-order valence-electron chi connectivity index (χ3n) is 4.04. The predicted molar refractivity (Wildman–Crippen MR) is 106 cm³/mol. The Balaban J connectivity index is 1.55. The molecule has 1 heterocycles. The van der Waals surface area contributed by atoms with Crippen molar-refractivity contribution in [2.75, 3.05) is 0 Å². The second-order valence-corrected chi connectivity index (χ2v) is 7.96. The van der Waals surface area contributed by atoms with Gasteiger partial charge in [-0.1, -0.05) is 84.7 Å². The van der Waals surface area contributed by atoms with Gasteiger partial charge in [-0.3, -0.25) is 0 Å². The lowest BCUT2D eigenvalue weighted by Gasteiger charge is -2.21. The Labute approximate surface area is 161 Å². The van der Waals surface area contributed by atoms with Crippen molar-refractivity contribution in [1.29, 1.82) is 0 Å². The number of benzene rings is 3. The fraction of sp³-hybridized carbons (Fsp3) is 0.0455. The molecule has 0 bridgehead atoms. The van der Waals surface area contributed by atoms with Gasteiger partial charge in [0.05, 0.1) is 5.57 Å². The number of carbonyl (C=O) groups is 1. The largest absolute Gasteiger partial charge is 0.457 e. The maximum Gasteiger partial charge on any atom is 0.338 e. The third kappa shape index (κ3) is 3.43. The number of rotatable bonds is 4. The van der Waals surface area contributed by atoms with Crippen LogP contribution in [0, 0.1) is 0 Å². The zero-order valence-electron chi connectivity index (χ0n) is 14.0. The molecule has 0 saturated heterocycles. The minimum atomic E-state index is -0.383. The van der Waals surface area contributed by atoms with Crippen LogP contribution in [0.3, 0.4) is 0 Å². The molecule has 4 rings (SSSR count). The van der Waals surface area contributed by atoms with Gasteiger partial charge in [0.1, 0.15) is 6.61 Å². The second-order valence-electron chi connectivity index (χ2n) is 5.82. The highest BCUT2D eigenvalue weighted by molar-refractivity contribution is 8.05. The van der Waals surface area contributed by atoms with Crippen molar-refractivity contribution in [2.45, 2.75) is 26.2 Å². The summed E-state index contributed by atoms with van der Waals surface area (Å²) < 4.78 is 5.45. The van der Waals surface area contributed by atoms with E-state index in [0.29, 0.717) is 5.57 Å². The lowest BCUT2D eigenvalue weighted by Crippen LogP contribution is -2.08. The molecule has 0 spiro atoms. The van der Waals surface area contributed by atoms with Gasteiger partial charge in [0.15, 0.2) is 0 Å². The lowest BCUT2D eigenvalue weighted by molar-refractivity contribution is -0.137. The maximum absolute atomic E-state index is 12.5. The first-order valence-electron chi connectivity index (χ1n) is 8.20. The zero-order valence-corrected chi connectivity index (χ0v) is 15.6. The van der Waals surface area contributed by atoms with Crippen LogP contribution >= 0.6 is 23.5 Å². The van der Waals surface area contributed by atoms with Crippen molar-refractivity contribution >= 4 is 35.1 Å². The highest BCUT2D eigenvalue weighted by Crippen LogP contribution is 2.50. The van der Waals surface area contributed by atoms with E-state index in [-0.39, 0.29) is 12.6 Å². The number of fused-ring (bicyclic) bond motifs is 2. The number of hydrogen-bond donors (Lipinski definition) is 0. The van der Waals surface area contributed by atoms with Crippen LogP contribution in [0.2, 0.25) is 0 Å². The monoisotopic (exact) mass is 376 g/mol. The number of ether oxygens (including phenoxy) is 1. The van der Waals surface area contributed by atoms with Gasteiger partial charge in [-0.05, 0) is 23.8 Å². The number of hydrogen-bond acceptors (Lipinski definition) is 4. The van der Waals surface area contributed by atoms with Gasteiger partial charge >= 0.3 is 5.97 Å². The molecule has 0 aliphatic carbocycles. The molecule has 0 amide bonds. The molecular formula is C22H16O2S2. The average Bonchev–Trinajstić information content (AvgIpc) is 2.70. The molecule has 0 atom stereocenters. The molecule has 0 unspecified atom stereocenters. The smallest absolute Gasteiger partial charge is 0.338 e. The Hall–Kier alpha value is -2.43. The van der Waals surface area contributed by atoms with Crippen LogP contribution in [0.25, 0.3) is 5.57 Å². The molecule has 3 aromatic carbocycles. The summed E-state index contributed by atoms with van der Waals surface area (Å²) in [6.45, 7) is 4.25. The van der Waals surface area contributed by atoms with Crippen LogP contribution in [-0.4, -0.2) is 5.97 Å². The van der Waals surface area contributed by atoms with Crippen LogP contribution in [0.4, 0.5) is 0 Å². The Kier molecular flexibility index (Phi) is 4.87. The van der Waals surface area contributed by atoms with E-state index in [9.17, 15) is 4.79 Å². The highest BCUT2D eigenvalue weighted by atomic mass is 32.2. The van der Waals surface area contributed by atoms with E-state index in [1.54, 1.807) is 23.5 Å². The van der Waals surface area contributed by atoms with Crippen LogP contribution < -0.4 is 0 Å². The molecule has 0 saturated carbocycles. The van der Waals surface area contributed by atoms with Crippen molar-refractivity contribution in [3.05, 3.63) is 90.5 Å². The topological polar surface area (TPSA) is 26.3 Å².